The topological polar surface area (TPSA) is 43.8 Å². The van der Waals surface area contributed by atoms with E-state index in [1.807, 2.05) is 0 Å². The van der Waals surface area contributed by atoms with Crippen LogP contribution in [-0.2, 0) is 4.79 Å². The second-order valence-corrected chi connectivity index (χ2v) is 5.68. The number of anilines is 1. The summed E-state index contributed by atoms with van der Waals surface area (Å²) in [6.45, 7) is 8.12. The highest BCUT2D eigenvalue weighted by Gasteiger charge is 2.31. The van der Waals surface area contributed by atoms with Crippen LogP contribution in [0.25, 0.3) is 0 Å². The molecule has 1 aromatic rings. The molecule has 1 heterocycles. The van der Waals surface area contributed by atoms with Crippen LogP contribution in [-0.4, -0.2) is 47.7 Å². The number of hydrogen-bond donors (Lipinski definition) is 1. The first kappa shape index (κ1) is 13.9. The Bertz CT molecular complexity index is 457. The third-order valence-corrected chi connectivity index (χ3v) is 3.46. The Hall–Kier alpha value is -1.55. The molecule has 0 atom stereocenters. The first-order valence-electron chi connectivity index (χ1n) is 6.71. The van der Waals surface area contributed by atoms with E-state index in [0.29, 0.717) is 13.1 Å². The quantitative estimate of drug-likeness (QED) is 0.876. The van der Waals surface area contributed by atoms with Crippen molar-refractivity contribution in [2.75, 3.05) is 31.1 Å². The van der Waals surface area contributed by atoms with Gasteiger partial charge >= 0.3 is 0 Å². The fourth-order valence-corrected chi connectivity index (χ4v) is 2.38. The number of rotatable bonds is 2. The van der Waals surface area contributed by atoms with E-state index >= 15 is 0 Å². The average molecular weight is 262 g/mol. The molecule has 0 aromatic heterocycles. The molecule has 1 aromatic carbocycles. The lowest BCUT2D eigenvalue weighted by Gasteiger charge is -2.38. The van der Waals surface area contributed by atoms with E-state index in [0.717, 1.165) is 13.1 Å². The van der Waals surface area contributed by atoms with E-state index in [2.05, 4.69) is 36.1 Å². The van der Waals surface area contributed by atoms with Crippen molar-refractivity contribution in [3.05, 3.63) is 29.8 Å². The molecule has 1 fully saturated rings. The van der Waals surface area contributed by atoms with Gasteiger partial charge in [0, 0.05) is 31.9 Å². The predicted molar refractivity (Wildman–Crippen MR) is 76.3 cm³/mol. The smallest absolute Gasteiger partial charge is 0.254 e. The molecule has 0 saturated carbocycles. The van der Waals surface area contributed by atoms with Crippen LogP contribution in [0.4, 0.5) is 5.69 Å². The van der Waals surface area contributed by atoms with Gasteiger partial charge in [-0.25, -0.2) is 0 Å². The van der Waals surface area contributed by atoms with E-state index in [9.17, 15) is 9.90 Å². The minimum absolute atomic E-state index is 0.184. The largest absolute Gasteiger partial charge is 0.381 e. The fraction of sp³-hybridized carbons (Fsp3) is 0.533. The summed E-state index contributed by atoms with van der Waals surface area (Å²) in [6, 6.07) is 8.39. The third kappa shape index (κ3) is 3.26. The average Bonchev–Trinajstić information content (AvgIpc) is 2.37. The highest BCUT2D eigenvalue weighted by Crippen LogP contribution is 2.19. The molecule has 1 aliphatic heterocycles. The Morgan fingerprint density at radius 1 is 1.21 bits per heavy atom. The van der Waals surface area contributed by atoms with Crippen molar-refractivity contribution >= 4 is 11.6 Å². The van der Waals surface area contributed by atoms with Crippen molar-refractivity contribution in [3.8, 4) is 0 Å². The van der Waals surface area contributed by atoms with Gasteiger partial charge in [0.25, 0.3) is 5.91 Å². The van der Waals surface area contributed by atoms with Gasteiger partial charge in [-0.05, 0) is 38.5 Å². The molecule has 1 aliphatic rings. The second kappa shape index (κ2) is 5.21. The highest BCUT2D eigenvalue weighted by atomic mass is 16.3. The lowest BCUT2D eigenvalue weighted by atomic mass is 10.1. The van der Waals surface area contributed by atoms with E-state index < -0.39 is 5.60 Å². The molecule has 104 valence electrons. The molecule has 0 spiro atoms. The molecular weight excluding hydrogens is 240 g/mol. The molecule has 0 unspecified atom stereocenters. The third-order valence-electron chi connectivity index (χ3n) is 3.46. The fourth-order valence-electron chi connectivity index (χ4n) is 2.38. The number of aliphatic hydroxyl groups is 1. The zero-order valence-electron chi connectivity index (χ0n) is 11.9. The summed E-state index contributed by atoms with van der Waals surface area (Å²) >= 11 is 0. The van der Waals surface area contributed by atoms with Crippen LogP contribution in [0.5, 0.6) is 0 Å². The number of carbonyl (C=O) groups excluding carboxylic acids is 1. The van der Waals surface area contributed by atoms with Gasteiger partial charge in [-0.1, -0.05) is 12.1 Å². The Morgan fingerprint density at radius 3 is 2.37 bits per heavy atom. The Kier molecular flexibility index (Phi) is 3.80. The van der Waals surface area contributed by atoms with Crippen molar-refractivity contribution in [2.45, 2.75) is 26.4 Å². The van der Waals surface area contributed by atoms with Gasteiger partial charge in [-0.15, -0.1) is 0 Å². The minimum Gasteiger partial charge on any atom is -0.381 e. The van der Waals surface area contributed by atoms with E-state index in [1.165, 1.54) is 11.3 Å². The van der Waals surface area contributed by atoms with Crippen LogP contribution in [0.3, 0.4) is 0 Å². The van der Waals surface area contributed by atoms with Crippen molar-refractivity contribution in [3.63, 3.8) is 0 Å². The van der Waals surface area contributed by atoms with Crippen molar-refractivity contribution in [1.29, 1.82) is 0 Å². The van der Waals surface area contributed by atoms with Gasteiger partial charge in [-0.3, -0.25) is 4.79 Å². The van der Waals surface area contributed by atoms with Crippen molar-refractivity contribution < 1.29 is 9.90 Å². The van der Waals surface area contributed by atoms with Crippen LogP contribution in [0.15, 0.2) is 24.3 Å². The summed E-state index contributed by atoms with van der Waals surface area (Å²) in [7, 11) is 0. The Balaban J connectivity index is 1.98. The molecule has 4 nitrogen and oxygen atoms in total. The Labute approximate surface area is 114 Å². The molecule has 2 rings (SSSR count). The molecule has 0 aliphatic carbocycles. The summed E-state index contributed by atoms with van der Waals surface area (Å²) in [5.74, 6) is -0.184. The maximum Gasteiger partial charge on any atom is 0.254 e. The molecule has 4 heteroatoms. The second-order valence-electron chi connectivity index (χ2n) is 5.68. The van der Waals surface area contributed by atoms with Gasteiger partial charge in [0.2, 0.25) is 0 Å². The number of benzene rings is 1. The van der Waals surface area contributed by atoms with E-state index in [4.69, 9.17) is 0 Å². The van der Waals surface area contributed by atoms with Crippen LogP contribution < -0.4 is 4.90 Å². The van der Waals surface area contributed by atoms with Crippen LogP contribution in [0, 0.1) is 6.92 Å². The van der Waals surface area contributed by atoms with E-state index in [1.54, 1.807) is 18.7 Å². The number of carbonyl (C=O) groups is 1. The molecule has 0 bridgehead atoms. The van der Waals surface area contributed by atoms with Crippen LogP contribution in [0.1, 0.15) is 19.4 Å². The molecule has 1 N–H and O–H groups in total. The molecule has 1 amide bonds. The van der Waals surface area contributed by atoms with Crippen molar-refractivity contribution in [2.24, 2.45) is 0 Å². The van der Waals surface area contributed by atoms with Gasteiger partial charge in [-0.2, -0.15) is 0 Å². The summed E-state index contributed by atoms with van der Waals surface area (Å²) < 4.78 is 0. The maximum atomic E-state index is 12.0. The summed E-state index contributed by atoms with van der Waals surface area (Å²) in [4.78, 5) is 16.0. The number of nitrogens with zero attached hydrogens (tertiary/aromatic N) is 2. The van der Waals surface area contributed by atoms with Crippen LogP contribution >= 0.6 is 0 Å². The maximum absolute atomic E-state index is 12.0. The minimum atomic E-state index is -1.27. The van der Waals surface area contributed by atoms with Gasteiger partial charge in [0.05, 0.1) is 0 Å². The Morgan fingerprint density at radius 2 is 1.84 bits per heavy atom. The van der Waals surface area contributed by atoms with Crippen LogP contribution in [0.2, 0.25) is 0 Å². The molecule has 1 saturated heterocycles. The first-order chi connectivity index (χ1) is 8.88. The standard InChI is InChI=1S/C15H22N2O2/c1-12-5-4-6-13(11-12)16-7-9-17(10-8-16)14(18)15(2,3)19/h4-6,11,19H,7-10H2,1-3H3. The summed E-state index contributed by atoms with van der Waals surface area (Å²) in [6.07, 6.45) is 0. The number of hydrogen-bond acceptors (Lipinski definition) is 3. The molecule has 19 heavy (non-hydrogen) atoms. The van der Waals surface area contributed by atoms with E-state index in [-0.39, 0.29) is 5.91 Å². The lowest BCUT2D eigenvalue weighted by molar-refractivity contribution is -0.148. The number of aryl methyl sites for hydroxylation is 1. The summed E-state index contributed by atoms with van der Waals surface area (Å²) in [5.41, 5.74) is 1.17. The first-order valence-corrected chi connectivity index (χ1v) is 6.71. The number of amides is 1. The number of piperazine rings is 1. The lowest BCUT2D eigenvalue weighted by Crippen LogP contribution is -2.54. The van der Waals surface area contributed by atoms with Gasteiger partial charge < -0.3 is 14.9 Å². The highest BCUT2D eigenvalue weighted by molar-refractivity contribution is 5.84. The molecule has 0 radical (unpaired) electrons. The predicted octanol–water partition coefficient (Wildman–Crippen LogP) is 1.41. The zero-order valence-corrected chi connectivity index (χ0v) is 11.9. The SMILES string of the molecule is Cc1cccc(N2CCN(C(=O)C(C)(C)O)CC2)c1. The normalized spacial score (nSPS) is 16.6. The monoisotopic (exact) mass is 262 g/mol. The van der Waals surface area contributed by atoms with Gasteiger partial charge in [0.15, 0.2) is 0 Å². The zero-order chi connectivity index (χ0) is 14.0. The molecular formula is C15H22N2O2. The summed E-state index contributed by atoms with van der Waals surface area (Å²) in [5, 5.41) is 9.75. The van der Waals surface area contributed by atoms with Gasteiger partial charge in [0.1, 0.15) is 5.60 Å². The van der Waals surface area contributed by atoms with Crippen molar-refractivity contribution in [1.82, 2.24) is 4.90 Å².